The van der Waals surface area contributed by atoms with Crippen molar-refractivity contribution in [2.75, 3.05) is 10.6 Å². The molecule has 2 aromatic rings. The highest BCUT2D eigenvalue weighted by molar-refractivity contribution is 9.09. The van der Waals surface area contributed by atoms with Gasteiger partial charge in [-0.2, -0.15) is 0 Å². The molecule has 0 heterocycles. The number of para-hydroxylation sites is 1. The van der Waals surface area contributed by atoms with Gasteiger partial charge in [0.25, 0.3) is 0 Å². The first-order chi connectivity index (χ1) is 10.3. The predicted octanol–water partition coefficient (Wildman–Crippen LogP) is 4.78. The van der Waals surface area contributed by atoms with Crippen LogP contribution in [0.3, 0.4) is 0 Å². The second-order valence-electron chi connectivity index (χ2n) is 5.01. The van der Waals surface area contributed by atoms with Gasteiger partial charge in [0.15, 0.2) is 0 Å². The Labute approximate surface area is 134 Å². The van der Waals surface area contributed by atoms with Crippen LogP contribution in [0.15, 0.2) is 54.6 Å². The number of anilines is 1. The summed E-state index contributed by atoms with van der Waals surface area (Å²) in [5, 5.41) is 3.98. The molecule has 1 amide bonds. The van der Waals surface area contributed by atoms with Crippen molar-refractivity contribution >= 4 is 27.5 Å². The van der Waals surface area contributed by atoms with Crippen LogP contribution in [0.4, 0.5) is 5.69 Å². The molecule has 0 radical (unpaired) electrons. The van der Waals surface area contributed by atoms with Gasteiger partial charge < -0.3 is 5.32 Å². The molecule has 0 bridgehead atoms. The molecular weight excluding hydrogens is 326 g/mol. The molecule has 0 unspecified atom stereocenters. The largest absolute Gasteiger partial charge is 0.326 e. The Morgan fingerprint density at radius 1 is 0.952 bits per heavy atom. The zero-order valence-corrected chi connectivity index (χ0v) is 13.6. The lowest BCUT2D eigenvalue weighted by molar-refractivity contribution is -0.116. The van der Waals surface area contributed by atoms with Crippen molar-refractivity contribution in [2.45, 2.75) is 25.7 Å². The van der Waals surface area contributed by atoms with Crippen molar-refractivity contribution in [1.82, 2.24) is 0 Å². The molecule has 3 heteroatoms. The van der Waals surface area contributed by atoms with Crippen LogP contribution in [0.1, 0.15) is 30.4 Å². The van der Waals surface area contributed by atoms with Crippen LogP contribution in [-0.2, 0) is 11.2 Å². The van der Waals surface area contributed by atoms with Gasteiger partial charge in [0, 0.05) is 17.4 Å². The van der Waals surface area contributed by atoms with E-state index in [-0.39, 0.29) is 5.91 Å². The molecule has 0 aliphatic rings. The summed E-state index contributed by atoms with van der Waals surface area (Å²) in [6.45, 7) is 0. The minimum absolute atomic E-state index is 0.0939. The summed E-state index contributed by atoms with van der Waals surface area (Å²) in [7, 11) is 0. The number of alkyl halides is 1. The lowest BCUT2D eigenvalue weighted by Crippen LogP contribution is -2.12. The van der Waals surface area contributed by atoms with Gasteiger partial charge >= 0.3 is 0 Å². The Kier molecular flexibility index (Phi) is 6.48. The maximum absolute atomic E-state index is 12.0. The molecule has 2 nitrogen and oxygen atoms in total. The first-order valence-corrected chi connectivity index (χ1v) is 8.39. The van der Waals surface area contributed by atoms with Gasteiger partial charge in [-0.3, -0.25) is 4.79 Å². The summed E-state index contributed by atoms with van der Waals surface area (Å²) in [5.74, 6) is 0.0939. The van der Waals surface area contributed by atoms with Crippen LogP contribution in [-0.4, -0.2) is 11.2 Å². The number of halogens is 1. The fourth-order valence-corrected chi connectivity index (χ4v) is 2.60. The zero-order valence-electron chi connectivity index (χ0n) is 12.0. The first-order valence-electron chi connectivity index (χ1n) is 7.27. The Hall–Kier alpha value is -1.61. The monoisotopic (exact) mass is 345 g/mol. The van der Waals surface area contributed by atoms with E-state index < -0.39 is 0 Å². The topological polar surface area (TPSA) is 29.1 Å². The Balaban J connectivity index is 2.01. The Morgan fingerprint density at radius 3 is 2.43 bits per heavy atom. The number of hydrogen-bond donors (Lipinski definition) is 1. The van der Waals surface area contributed by atoms with Crippen molar-refractivity contribution in [3.63, 3.8) is 0 Å². The number of carbonyl (C=O) groups excluding carboxylic acids is 1. The highest BCUT2D eigenvalue weighted by Crippen LogP contribution is 2.19. The van der Waals surface area contributed by atoms with Gasteiger partial charge in [0.1, 0.15) is 0 Å². The second kappa shape index (κ2) is 8.63. The molecule has 2 rings (SSSR count). The molecule has 0 saturated heterocycles. The van der Waals surface area contributed by atoms with Gasteiger partial charge in [-0.05, 0) is 36.5 Å². The van der Waals surface area contributed by atoms with E-state index in [1.54, 1.807) is 0 Å². The van der Waals surface area contributed by atoms with Crippen molar-refractivity contribution < 1.29 is 4.79 Å². The molecule has 0 spiro atoms. The van der Waals surface area contributed by atoms with Crippen molar-refractivity contribution in [1.29, 1.82) is 0 Å². The van der Waals surface area contributed by atoms with E-state index in [9.17, 15) is 4.79 Å². The number of carbonyl (C=O) groups is 1. The van der Waals surface area contributed by atoms with Crippen LogP contribution < -0.4 is 5.32 Å². The number of hydrogen-bond acceptors (Lipinski definition) is 1. The van der Waals surface area contributed by atoms with Crippen LogP contribution >= 0.6 is 15.9 Å². The van der Waals surface area contributed by atoms with E-state index in [1.165, 1.54) is 5.56 Å². The van der Waals surface area contributed by atoms with Gasteiger partial charge in [-0.15, -0.1) is 0 Å². The summed E-state index contributed by atoms with van der Waals surface area (Å²) in [5.41, 5.74) is 3.32. The van der Waals surface area contributed by atoms with E-state index in [4.69, 9.17) is 0 Å². The number of nitrogens with one attached hydrogen (secondary N) is 1. The Morgan fingerprint density at radius 2 is 1.67 bits per heavy atom. The minimum atomic E-state index is 0.0939. The lowest BCUT2D eigenvalue weighted by Gasteiger charge is -2.11. The SMILES string of the molecule is O=C(CCCCBr)Nc1ccccc1Cc1ccccc1. The molecule has 0 saturated carbocycles. The van der Waals surface area contributed by atoms with Crippen LogP contribution in [0.25, 0.3) is 0 Å². The third-order valence-electron chi connectivity index (χ3n) is 3.32. The van der Waals surface area contributed by atoms with Crippen LogP contribution in [0.2, 0.25) is 0 Å². The molecular formula is C18H20BrNO. The highest BCUT2D eigenvalue weighted by atomic mass is 79.9. The number of unbranched alkanes of at least 4 members (excludes halogenated alkanes) is 1. The highest BCUT2D eigenvalue weighted by Gasteiger charge is 2.07. The molecule has 0 aliphatic carbocycles. The first kappa shape index (κ1) is 15.8. The van der Waals surface area contributed by atoms with Crippen molar-refractivity contribution in [3.8, 4) is 0 Å². The summed E-state index contributed by atoms with van der Waals surface area (Å²) in [6.07, 6.45) is 3.35. The molecule has 2 aromatic carbocycles. The van der Waals surface area contributed by atoms with E-state index in [1.807, 2.05) is 36.4 Å². The summed E-state index contributed by atoms with van der Waals surface area (Å²) in [6, 6.07) is 18.3. The average Bonchev–Trinajstić information content (AvgIpc) is 2.51. The van der Waals surface area contributed by atoms with E-state index in [0.29, 0.717) is 6.42 Å². The average molecular weight is 346 g/mol. The standard InChI is InChI=1S/C18H20BrNO/c19-13-7-6-12-18(21)20-17-11-5-4-10-16(17)14-15-8-2-1-3-9-15/h1-5,8-11H,6-7,12-14H2,(H,20,21). The zero-order chi connectivity index (χ0) is 14.9. The Bertz CT molecular complexity index is 568. The maximum Gasteiger partial charge on any atom is 0.224 e. The van der Waals surface area contributed by atoms with E-state index in [2.05, 4.69) is 39.4 Å². The lowest BCUT2D eigenvalue weighted by atomic mass is 10.0. The van der Waals surface area contributed by atoms with Gasteiger partial charge in [-0.1, -0.05) is 64.5 Å². The number of amides is 1. The van der Waals surface area contributed by atoms with Gasteiger partial charge in [-0.25, -0.2) is 0 Å². The third-order valence-corrected chi connectivity index (χ3v) is 3.88. The summed E-state index contributed by atoms with van der Waals surface area (Å²) in [4.78, 5) is 12.0. The smallest absolute Gasteiger partial charge is 0.224 e. The third kappa shape index (κ3) is 5.35. The molecule has 0 aliphatic heterocycles. The predicted molar refractivity (Wildman–Crippen MR) is 92.0 cm³/mol. The second-order valence-corrected chi connectivity index (χ2v) is 5.81. The molecule has 0 atom stereocenters. The fourth-order valence-electron chi connectivity index (χ4n) is 2.20. The molecule has 1 N–H and O–H groups in total. The minimum Gasteiger partial charge on any atom is -0.326 e. The van der Waals surface area contributed by atoms with Crippen molar-refractivity contribution in [3.05, 3.63) is 65.7 Å². The number of rotatable bonds is 7. The normalized spacial score (nSPS) is 10.3. The molecule has 110 valence electrons. The summed E-state index contributed by atoms with van der Waals surface area (Å²) >= 11 is 3.38. The molecule has 0 fully saturated rings. The van der Waals surface area contributed by atoms with Gasteiger partial charge in [0.2, 0.25) is 5.91 Å². The molecule has 0 aromatic heterocycles. The van der Waals surface area contributed by atoms with Crippen LogP contribution in [0.5, 0.6) is 0 Å². The van der Waals surface area contributed by atoms with E-state index >= 15 is 0 Å². The van der Waals surface area contributed by atoms with Gasteiger partial charge in [0.05, 0.1) is 0 Å². The number of benzene rings is 2. The van der Waals surface area contributed by atoms with Crippen molar-refractivity contribution in [2.24, 2.45) is 0 Å². The maximum atomic E-state index is 12.0. The summed E-state index contributed by atoms with van der Waals surface area (Å²) < 4.78 is 0. The van der Waals surface area contributed by atoms with Crippen LogP contribution in [0, 0.1) is 0 Å². The quantitative estimate of drug-likeness (QED) is 0.567. The van der Waals surface area contributed by atoms with E-state index in [0.717, 1.165) is 35.8 Å². The fraction of sp³-hybridized carbons (Fsp3) is 0.278. The molecule has 21 heavy (non-hydrogen) atoms.